The minimum atomic E-state index is -3.31. The van der Waals surface area contributed by atoms with Crippen LogP contribution in [0.2, 0.25) is 5.02 Å². The number of benzene rings is 1. The Labute approximate surface area is 167 Å². The number of hydrogen-bond donors (Lipinski definition) is 4. The molecule has 0 saturated carbocycles. The number of nitrogens with one attached hydrogen (secondary N) is 3. The Hall–Kier alpha value is -2.21. The number of aliphatic hydroxyl groups is 1. The lowest BCUT2D eigenvalue weighted by Crippen LogP contribution is -2.27. The monoisotopic (exact) mass is 433 g/mol. The number of aromatic nitrogens is 2. The molecule has 1 heterocycles. The number of halogens is 2. The van der Waals surface area contributed by atoms with Gasteiger partial charge in [-0.2, -0.15) is 0 Å². The Balaban J connectivity index is 2.27. The van der Waals surface area contributed by atoms with E-state index in [0.29, 0.717) is 23.4 Å². The normalized spacial score (nSPS) is 12.6. The average molecular weight is 434 g/mol. The zero-order chi connectivity index (χ0) is 20.7. The van der Waals surface area contributed by atoms with Crippen molar-refractivity contribution in [1.29, 1.82) is 0 Å². The third kappa shape index (κ3) is 6.16. The van der Waals surface area contributed by atoms with E-state index in [4.69, 9.17) is 16.2 Å². The molecule has 28 heavy (non-hydrogen) atoms. The summed E-state index contributed by atoms with van der Waals surface area (Å²) in [6.45, 7) is 1.95. The number of hydrogen-bond acceptors (Lipinski definition) is 8. The number of rotatable bonds is 10. The molecule has 2 rings (SSSR count). The highest BCUT2D eigenvalue weighted by atomic mass is 35.5. The van der Waals surface area contributed by atoms with Crippen molar-refractivity contribution in [3.63, 3.8) is 0 Å². The molecule has 154 valence electrons. The second-order valence-electron chi connectivity index (χ2n) is 5.80. The third-order valence-electron chi connectivity index (χ3n) is 3.67. The SMILES string of the molecule is CC/C(CO)=C(/Nc1ccc(F)c(Cl)c1)c1nonc1NCCNS(C)(=O)=O. The zero-order valence-corrected chi connectivity index (χ0v) is 16.9. The second-order valence-corrected chi connectivity index (χ2v) is 8.04. The van der Waals surface area contributed by atoms with Gasteiger partial charge in [0.05, 0.1) is 23.6 Å². The van der Waals surface area contributed by atoms with Crippen LogP contribution in [0.3, 0.4) is 0 Å². The maximum Gasteiger partial charge on any atom is 0.208 e. The van der Waals surface area contributed by atoms with E-state index in [9.17, 15) is 17.9 Å². The van der Waals surface area contributed by atoms with Gasteiger partial charge in [-0.3, -0.25) is 0 Å². The van der Waals surface area contributed by atoms with Crippen LogP contribution in [-0.4, -0.2) is 49.8 Å². The van der Waals surface area contributed by atoms with Crippen molar-refractivity contribution in [1.82, 2.24) is 15.0 Å². The van der Waals surface area contributed by atoms with Gasteiger partial charge in [-0.15, -0.1) is 0 Å². The lowest BCUT2D eigenvalue weighted by atomic mass is 10.1. The molecule has 0 amide bonds. The van der Waals surface area contributed by atoms with Gasteiger partial charge in [0.1, 0.15) is 5.82 Å². The van der Waals surface area contributed by atoms with Gasteiger partial charge >= 0.3 is 0 Å². The molecule has 0 fully saturated rings. The number of anilines is 2. The molecule has 4 N–H and O–H groups in total. The van der Waals surface area contributed by atoms with E-state index in [0.717, 1.165) is 6.26 Å². The van der Waals surface area contributed by atoms with E-state index in [1.807, 2.05) is 6.92 Å². The fourth-order valence-electron chi connectivity index (χ4n) is 2.29. The van der Waals surface area contributed by atoms with Gasteiger partial charge in [0.2, 0.25) is 15.8 Å². The summed E-state index contributed by atoms with van der Waals surface area (Å²) in [5.41, 5.74) is 1.79. The van der Waals surface area contributed by atoms with Crippen molar-refractivity contribution in [3.05, 3.63) is 40.3 Å². The Kier molecular flexibility index (Phi) is 7.75. The van der Waals surface area contributed by atoms with E-state index in [-0.39, 0.29) is 36.2 Å². The van der Waals surface area contributed by atoms with Crippen LogP contribution in [0.25, 0.3) is 5.70 Å². The topological polar surface area (TPSA) is 129 Å². The molecular weight excluding hydrogens is 413 g/mol. The Morgan fingerprint density at radius 2 is 2.07 bits per heavy atom. The summed E-state index contributed by atoms with van der Waals surface area (Å²) in [7, 11) is -3.31. The minimum absolute atomic E-state index is 0.0603. The molecule has 0 aliphatic rings. The lowest BCUT2D eigenvalue weighted by Gasteiger charge is -2.15. The first-order chi connectivity index (χ1) is 13.2. The molecule has 1 aromatic heterocycles. The fraction of sp³-hybridized carbons (Fsp3) is 0.375. The Morgan fingerprint density at radius 1 is 1.32 bits per heavy atom. The number of aliphatic hydroxyl groups excluding tert-OH is 1. The smallest absolute Gasteiger partial charge is 0.208 e. The Bertz CT molecular complexity index is 942. The van der Waals surface area contributed by atoms with Gasteiger partial charge < -0.3 is 15.7 Å². The van der Waals surface area contributed by atoms with Crippen LogP contribution in [0.4, 0.5) is 15.9 Å². The molecule has 0 spiro atoms. The molecule has 0 unspecified atom stereocenters. The summed E-state index contributed by atoms with van der Waals surface area (Å²) in [4.78, 5) is 0. The van der Waals surface area contributed by atoms with Gasteiger partial charge in [0, 0.05) is 18.8 Å². The lowest BCUT2D eigenvalue weighted by molar-refractivity contribution is 0.307. The first-order valence-electron chi connectivity index (χ1n) is 8.31. The van der Waals surface area contributed by atoms with Crippen LogP contribution in [-0.2, 0) is 10.0 Å². The van der Waals surface area contributed by atoms with Gasteiger partial charge in [-0.05, 0) is 40.5 Å². The molecule has 2 aromatic rings. The first-order valence-corrected chi connectivity index (χ1v) is 10.6. The molecule has 0 aliphatic carbocycles. The number of nitrogens with zero attached hydrogens (tertiary/aromatic N) is 2. The molecular formula is C16H21ClFN5O4S. The van der Waals surface area contributed by atoms with Crippen molar-refractivity contribution in [3.8, 4) is 0 Å². The summed E-state index contributed by atoms with van der Waals surface area (Å²) >= 11 is 5.83. The predicted molar refractivity (Wildman–Crippen MR) is 105 cm³/mol. The average Bonchev–Trinajstić information content (AvgIpc) is 3.09. The van der Waals surface area contributed by atoms with Crippen molar-refractivity contribution in [2.24, 2.45) is 0 Å². The molecule has 0 aliphatic heterocycles. The van der Waals surface area contributed by atoms with E-state index in [2.05, 4.69) is 25.7 Å². The second kappa shape index (κ2) is 9.82. The van der Waals surface area contributed by atoms with Crippen LogP contribution in [0, 0.1) is 5.82 Å². The van der Waals surface area contributed by atoms with E-state index in [1.54, 1.807) is 0 Å². The largest absolute Gasteiger partial charge is 0.392 e. The summed E-state index contributed by atoms with van der Waals surface area (Å²) < 4.78 is 42.8. The molecule has 0 atom stereocenters. The van der Waals surface area contributed by atoms with Crippen molar-refractivity contribution in [2.75, 3.05) is 36.6 Å². The van der Waals surface area contributed by atoms with Gasteiger partial charge in [-0.25, -0.2) is 22.2 Å². The van der Waals surface area contributed by atoms with Crippen LogP contribution in [0.5, 0.6) is 0 Å². The minimum Gasteiger partial charge on any atom is -0.392 e. The highest BCUT2D eigenvalue weighted by Gasteiger charge is 2.19. The van der Waals surface area contributed by atoms with Crippen LogP contribution >= 0.6 is 11.6 Å². The zero-order valence-electron chi connectivity index (χ0n) is 15.3. The molecule has 9 nitrogen and oxygen atoms in total. The van der Waals surface area contributed by atoms with E-state index < -0.39 is 15.8 Å². The molecule has 1 aromatic carbocycles. The van der Waals surface area contributed by atoms with Gasteiger partial charge in [0.15, 0.2) is 5.69 Å². The predicted octanol–water partition coefficient (Wildman–Crippen LogP) is 2.05. The van der Waals surface area contributed by atoms with Crippen LogP contribution in [0.15, 0.2) is 28.4 Å². The summed E-state index contributed by atoms with van der Waals surface area (Å²) in [6.07, 6.45) is 1.55. The van der Waals surface area contributed by atoms with Gasteiger partial charge in [0.25, 0.3) is 0 Å². The van der Waals surface area contributed by atoms with Gasteiger partial charge in [-0.1, -0.05) is 18.5 Å². The molecule has 0 saturated heterocycles. The molecule has 0 radical (unpaired) electrons. The quantitative estimate of drug-likeness (QED) is 0.419. The molecule has 12 heteroatoms. The molecule has 0 bridgehead atoms. The van der Waals surface area contributed by atoms with Crippen molar-refractivity contribution in [2.45, 2.75) is 13.3 Å². The third-order valence-corrected chi connectivity index (χ3v) is 4.69. The number of sulfonamides is 1. The van der Waals surface area contributed by atoms with Crippen LogP contribution < -0.4 is 15.4 Å². The van der Waals surface area contributed by atoms with E-state index >= 15 is 0 Å². The summed E-state index contributed by atoms with van der Waals surface area (Å²) in [5, 5.41) is 23.3. The standard InChI is InChI=1S/C16H21ClFN5O4S/c1-3-10(9-24)14(21-11-4-5-13(18)12(17)8-11)15-16(23-27-22-15)19-6-7-20-28(2,25)26/h4-5,8,20-21,24H,3,6-7,9H2,1-2H3,(H,19,23)/b14-10-. The van der Waals surface area contributed by atoms with E-state index in [1.165, 1.54) is 18.2 Å². The summed E-state index contributed by atoms with van der Waals surface area (Å²) in [5.74, 6) is -0.301. The fourth-order valence-corrected chi connectivity index (χ4v) is 2.94. The maximum absolute atomic E-state index is 13.4. The van der Waals surface area contributed by atoms with Crippen molar-refractivity contribution >= 4 is 38.8 Å². The van der Waals surface area contributed by atoms with Crippen molar-refractivity contribution < 1.29 is 22.5 Å². The Morgan fingerprint density at radius 3 is 2.68 bits per heavy atom. The highest BCUT2D eigenvalue weighted by molar-refractivity contribution is 7.88. The highest BCUT2D eigenvalue weighted by Crippen LogP contribution is 2.28. The summed E-state index contributed by atoms with van der Waals surface area (Å²) in [6, 6.07) is 4.10. The maximum atomic E-state index is 13.4. The first kappa shape index (κ1) is 22.1. The van der Waals surface area contributed by atoms with Crippen LogP contribution in [0.1, 0.15) is 19.0 Å².